The van der Waals surface area contributed by atoms with Crippen molar-refractivity contribution < 1.29 is 27.7 Å². The molecule has 0 aromatic heterocycles. The summed E-state index contributed by atoms with van der Waals surface area (Å²) in [6, 6.07) is 9.13. The van der Waals surface area contributed by atoms with Crippen molar-refractivity contribution in [2.45, 2.75) is 32.0 Å². The van der Waals surface area contributed by atoms with Crippen LogP contribution in [0.1, 0.15) is 25.0 Å². The van der Waals surface area contributed by atoms with Gasteiger partial charge in [-0.05, 0) is 49.0 Å². The second-order valence-electron chi connectivity index (χ2n) is 7.31. The minimum atomic E-state index is -5.04. The molecule has 1 aliphatic heterocycles. The zero-order chi connectivity index (χ0) is 24.0. The van der Waals surface area contributed by atoms with E-state index in [1.54, 1.807) is 24.3 Å². The highest BCUT2D eigenvalue weighted by atomic mass is 79.9. The Morgan fingerprint density at radius 1 is 1.22 bits per heavy atom. The van der Waals surface area contributed by atoms with Crippen LogP contribution in [0.15, 0.2) is 46.9 Å². The van der Waals surface area contributed by atoms with Crippen LogP contribution in [0.25, 0.3) is 0 Å². The van der Waals surface area contributed by atoms with Gasteiger partial charge in [0, 0.05) is 23.9 Å². The van der Waals surface area contributed by atoms with Gasteiger partial charge in [0.15, 0.2) is 5.11 Å². The van der Waals surface area contributed by atoms with Crippen LogP contribution >= 0.6 is 28.1 Å². The van der Waals surface area contributed by atoms with E-state index in [-0.39, 0.29) is 17.2 Å². The normalized spacial score (nSPS) is 18.9. The van der Waals surface area contributed by atoms with Gasteiger partial charge in [0.05, 0.1) is 10.6 Å². The van der Waals surface area contributed by atoms with Gasteiger partial charge in [0.25, 0.3) is 11.6 Å². The average molecular weight is 530 g/mol. The van der Waals surface area contributed by atoms with E-state index in [1.165, 1.54) is 13.8 Å². The van der Waals surface area contributed by atoms with E-state index in [2.05, 4.69) is 15.9 Å². The number of halogens is 4. The quantitative estimate of drug-likeness (QED) is 0.321. The first kappa shape index (κ1) is 23.8. The van der Waals surface area contributed by atoms with Crippen molar-refractivity contribution in [3.8, 4) is 0 Å². The van der Waals surface area contributed by atoms with Crippen LogP contribution in [-0.2, 0) is 22.2 Å². The van der Waals surface area contributed by atoms with Crippen molar-refractivity contribution in [3.05, 3.63) is 68.2 Å². The molecule has 0 bridgehead atoms. The van der Waals surface area contributed by atoms with Gasteiger partial charge in [-0.25, -0.2) is 0 Å². The lowest BCUT2D eigenvalue weighted by Gasteiger charge is -2.30. The van der Waals surface area contributed by atoms with E-state index in [9.17, 15) is 32.9 Å². The molecule has 1 fully saturated rings. The van der Waals surface area contributed by atoms with Gasteiger partial charge in [0.1, 0.15) is 11.1 Å². The molecule has 0 radical (unpaired) electrons. The number of nitrogens with zero attached hydrogens (tertiary/aromatic N) is 3. The number of carbonyl (C=O) groups excluding carboxylic acids is 2. The van der Waals surface area contributed by atoms with Gasteiger partial charge < -0.3 is 0 Å². The number of hydrogen-bond acceptors (Lipinski definition) is 5. The summed E-state index contributed by atoms with van der Waals surface area (Å²) in [5.41, 5.74) is -3.80. The molecule has 2 amide bonds. The van der Waals surface area contributed by atoms with E-state index < -0.39 is 39.7 Å². The molecule has 32 heavy (non-hydrogen) atoms. The zero-order valence-corrected chi connectivity index (χ0v) is 19.0. The summed E-state index contributed by atoms with van der Waals surface area (Å²) in [6.45, 7) is 2.67. The summed E-state index contributed by atoms with van der Waals surface area (Å²) in [4.78, 5) is 37.6. The number of benzene rings is 2. The molecule has 0 saturated carbocycles. The van der Waals surface area contributed by atoms with Gasteiger partial charge in [-0.15, -0.1) is 0 Å². The summed E-state index contributed by atoms with van der Waals surface area (Å²) in [5, 5.41) is 10.7. The number of hydrogen-bond donors (Lipinski definition) is 0. The molecule has 0 spiro atoms. The van der Waals surface area contributed by atoms with Crippen LogP contribution < -0.4 is 4.90 Å². The molecule has 0 N–H and O–H groups in total. The van der Waals surface area contributed by atoms with Gasteiger partial charge in [-0.2, -0.15) is 13.2 Å². The lowest BCUT2D eigenvalue weighted by atomic mass is 9.91. The van der Waals surface area contributed by atoms with Gasteiger partial charge >= 0.3 is 6.18 Å². The first-order valence-corrected chi connectivity index (χ1v) is 10.3. The third-order valence-corrected chi connectivity index (χ3v) is 5.95. The van der Waals surface area contributed by atoms with E-state index in [0.29, 0.717) is 17.7 Å². The Kier molecular flexibility index (Phi) is 6.13. The summed E-state index contributed by atoms with van der Waals surface area (Å²) in [6.07, 6.45) is -4.99. The fourth-order valence-electron chi connectivity index (χ4n) is 3.65. The molecular weight excluding hydrogens is 515 g/mol. The molecular formula is C20H15BrF3N3O4S. The van der Waals surface area contributed by atoms with E-state index in [1.807, 2.05) is 0 Å². The molecule has 168 valence electrons. The first-order chi connectivity index (χ1) is 14.8. The monoisotopic (exact) mass is 529 g/mol. The van der Waals surface area contributed by atoms with E-state index in [4.69, 9.17) is 12.2 Å². The Balaban J connectivity index is 2.11. The van der Waals surface area contributed by atoms with Crippen LogP contribution in [0, 0.1) is 10.1 Å². The van der Waals surface area contributed by atoms with E-state index in [0.717, 1.165) is 20.3 Å². The summed E-state index contributed by atoms with van der Waals surface area (Å²) >= 11 is 8.60. The van der Waals surface area contributed by atoms with Gasteiger partial charge in [-0.1, -0.05) is 28.1 Å². The Morgan fingerprint density at radius 3 is 2.31 bits per heavy atom. The third kappa shape index (κ3) is 4.11. The smallest absolute Gasteiger partial charge is 0.275 e. The molecule has 1 heterocycles. The molecule has 0 unspecified atom stereocenters. The Morgan fingerprint density at radius 2 is 1.81 bits per heavy atom. The second-order valence-corrected chi connectivity index (χ2v) is 8.59. The number of thiocarbonyl (C=S) groups is 1. The number of nitro groups is 1. The lowest BCUT2D eigenvalue weighted by Crippen LogP contribution is -2.50. The van der Waals surface area contributed by atoms with Crippen LogP contribution in [0.2, 0.25) is 0 Å². The molecule has 1 aliphatic rings. The van der Waals surface area contributed by atoms with Gasteiger partial charge in [-0.3, -0.25) is 29.5 Å². The maximum Gasteiger partial charge on any atom is 0.423 e. The highest BCUT2D eigenvalue weighted by Gasteiger charge is 2.55. The first-order valence-electron chi connectivity index (χ1n) is 9.07. The predicted octanol–water partition coefficient (Wildman–Crippen LogP) is 4.86. The molecule has 2 aromatic rings. The molecule has 7 nitrogen and oxygen atoms in total. The minimum Gasteiger partial charge on any atom is -0.275 e. The average Bonchev–Trinajstić information content (AvgIpc) is 2.88. The van der Waals surface area contributed by atoms with Crippen molar-refractivity contribution in [2.75, 3.05) is 4.90 Å². The Bertz CT molecular complexity index is 1140. The number of anilines is 1. The standard InChI is InChI=1S/C20H15BrF3N3O4S/c1-11(28)26-18(32)25(14-7-8-16(27(30)31)15(9-14)20(22,23)24)17(29)19(26,2)10-12-3-5-13(21)6-4-12/h3-9H,10H2,1-2H3/t19-/m0/s1. The molecule has 1 saturated heterocycles. The highest BCUT2D eigenvalue weighted by Crippen LogP contribution is 2.41. The number of rotatable bonds is 4. The van der Waals surface area contributed by atoms with Crippen LogP contribution in [0.4, 0.5) is 24.5 Å². The summed E-state index contributed by atoms with van der Waals surface area (Å²) in [5.74, 6) is -1.29. The van der Waals surface area contributed by atoms with Gasteiger partial charge in [0.2, 0.25) is 5.91 Å². The fourth-order valence-corrected chi connectivity index (χ4v) is 4.43. The fraction of sp³-hybridized carbons (Fsp3) is 0.250. The molecule has 1 atom stereocenters. The van der Waals surface area contributed by atoms with Crippen LogP contribution in [0.3, 0.4) is 0 Å². The molecule has 0 aliphatic carbocycles. The van der Waals surface area contributed by atoms with Crippen molar-refractivity contribution >= 4 is 56.4 Å². The number of nitro benzene ring substituents is 1. The summed E-state index contributed by atoms with van der Waals surface area (Å²) < 4.78 is 41.1. The number of alkyl halides is 3. The lowest BCUT2D eigenvalue weighted by molar-refractivity contribution is -0.388. The maximum atomic E-state index is 13.4. The van der Waals surface area contributed by atoms with Crippen LogP contribution in [-0.4, -0.2) is 32.3 Å². The molecule has 12 heteroatoms. The van der Waals surface area contributed by atoms with Crippen molar-refractivity contribution in [3.63, 3.8) is 0 Å². The topological polar surface area (TPSA) is 83.8 Å². The minimum absolute atomic E-state index is 0.0500. The molecule has 2 aromatic carbocycles. The zero-order valence-electron chi connectivity index (χ0n) is 16.6. The van der Waals surface area contributed by atoms with Crippen molar-refractivity contribution in [1.29, 1.82) is 0 Å². The van der Waals surface area contributed by atoms with Crippen molar-refractivity contribution in [1.82, 2.24) is 4.90 Å². The Hall–Kier alpha value is -2.86. The maximum absolute atomic E-state index is 13.4. The molecule has 3 rings (SSSR count). The summed E-state index contributed by atoms with van der Waals surface area (Å²) in [7, 11) is 0. The third-order valence-electron chi connectivity index (χ3n) is 5.06. The van der Waals surface area contributed by atoms with E-state index >= 15 is 0 Å². The largest absolute Gasteiger partial charge is 0.423 e. The SMILES string of the molecule is CC(=O)N1C(=S)N(c2ccc([N+](=O)[O-])c(C(F)(F)F)c2)C(=O)[C@]1(C)Cc1ccc(Br)cc1. The second kappa shape index (κ2) is 8.24. The highest BCUT2D eigenvalue weighted by molar-refractivity contribution is 9.10. The van der Waals surface area contributed by atoms with Crippen LogP contribution in [0.5, 0.6) is 0 Å². The Labute approximate surface area is 194 Å². The number of carbonyl (C=O) groups is 2. The predicted molar refractivity (Wildman–Crippen MR) is 117 cm³/mol. The van der Waals surface area contributed by atoms with Crippen molar-refractivity contribution in [2.24, 2.45) is 0 Å². The number of amides is 2.